The Morgan fingerprint density at radius 3 is 2.04 bits per heavy atom. The standard InChI is InChI=1S/C42H25B5N2O2/c1-2-29-48-26-16-7-8-17-28(26)49(29)27-19-18-25(22-13-5-6-14-23(22)27)30-32-33(37(44)40(47)39(46)36(32)43)31(35-34(30)38(45)42(51)41(35)50)24-15-9-11-20-10-3-4-12-21(20)24/h3-19,35,50-51H,2H2,1H3. The van der Waals surface area contributed by atoms with Gasteiger partial charge in [-0.25, -0.2) is 4.98 Å². The van der Waals surface area contributed by atoms with E-state index in [-0.39, 0.29) is 33.1 Å². The second-order valence-electron chi connectivity index (χ2n) is 13.1. The SMILES string of the molecule is [B]C1=C2C(c3ccc(-n4c(CC)nc5ccccc54)c4ccccc34)=c3c([B])c([B])c([B])c([B])c3=C(c3cccc4ccccc34)C2C(O)=C1O. The molecule has 0 aliphatic heterocycles. The van der Waals surface area contributed by atoms with Gasteiger partial charge in [0.2, 0.25) is 0 Å². The Kier molecular flexibility index (Phi) is 7.09. The van der Waals surface area contributed by atoms with Crippen molar-refractivity contribution in [2.75, 3.05) is 0 Å². The van der Waals surface area contributed by atoms with Crippen molar-refractivity contribution in [3.05, 3.63) is 153 Å². The molecule has 7 aromatic rings. The molecule has 4 nitrogen and oxygen atoms in total. The lowest BCUT2D eigenvalue weighted by molar-refractivity contribution is 0.323. The average molecular weight is 644 g/mol. The van der Waals surface area contributed by atoms with Crippen LogP contribution in [-0.4, -0.2) is 59.0 Å². The highest BCUT2D eigenvalue weighted by molar-refractivity contribution is 6.62. The van der Waals surface area contributed by atoms with Crippen LogP contribution in [0.15, 0.2) is 126 Å². The summed E-state index contributed by atoms with van der Waals surface area (Å²) in [6.45, 7) is 2.10. The number of allylic oxidation sites excluding steroid dienone is 2. The van der Waals surface area contributed by atoms with Crippen LogP contribution >= 0.6 is 0 Å². The van der Waals surface area contributed by atoms with Crippen LogP contribution in [-0.2, 0) is 6.42 Å². The van der Waals surface area contributed by atoms with E-state index in [0.29, 0.717) is 27.2 Å². The predicted octanol–water partition coefficient (Wildman–Crippen LogP) is 2.86. The largest absolute Gasteiger partial charge is 0.507 e. The van der Waals surface area contributed by atoms with Gasteiger partial charge in [0.15, 0.2) is 0 Å². The summed E-state index contributed by atoms with van der Waals surface area (Å²) in [5.41, 5.74) is 6.98. The van der Waals surface area contributed by atoms with E-state index in [9.17, 15) is 10.2 Å². The molecule has 1 unspecified atom stereocenters. The van der Waals surface area contributed by atoms with Gasteiger partial charge in [0.05, 0.1) is 22.6 Å². The predicted molar refractivity (Wildman–Crippen MR) is 213 cm³/mol. The maximum Gasteiger partial charge on any atom is 0.147 e. The number of aliphatic hydroxyl groups is 2. The van der Waals surface area contributed by atoms with Crippen LogP contribution in [0.1, 0.15) is 23.9 Å². The smallest absolute Gasteiger partial charge is 0.147 e. The van der Waals surface area contributed by atoms with E-state index in [0.717, 1.165) is 61.6 Å². The number of nitrogens with zero attached hydrogens (tertiary/aromatic N) is 2. The van der Waals surface area contributed by atoms with E-state index in [1.54, 1.807) is 0 Å². The molecule has 0 spiro atoms. The molecule has 0 bridgehead atoms. The minimum atomic E-state index is -0.884. The van der Waals surface area contributed by atoms with Crippen LogP contribution in [0.25, 0.3) is 49.4 Å². The Bertz CT molecular complexity index is 2880. The molecule has 2 aliphatic rings. The number of para-hydroxylation sites is 2. The fourth-order valence-electron chi connectivity index (χ4n) is 8.21. The highest BCUT2D eigenvalue weighted by Crippen LogP contribution is 2.49. The number of aryl methyl sites for hydroxylation is 1. The van der Waals surface area contributed by atoms with Crippen molar-refractivity contribution in [1.29, 1.82) is 0 Å². The fraction of sp³-hybridized carbons (Fsp3) is 0.0714. The summed E-state index contributed by atoms with van der Waals surface area (Å²) in [7, 11) is 34.0. The van der Waals surface area contributed by atoms with Crippen molar-refractivity contribution >= 4 is 105 Å². The molecule has 2 aliphatic carbocycles. The number of hydrogen-bond acceptors (Lipinski definition) is 3. The molecule has 0 amide bonds. The molecular formula is C42H25B5N2O2. The van der Waals surface area contributed by atoms with Crippen molar-refractivity contribution in [2.24, 2.45) is 5.92 Å². The Hall–Kier alpha value is -5.55. The van der Waals surface area contributed by atoms with Crippen LogP contribution < -0.4 is 32.3 Å². The third-order valence-corrected chi connectivity index (χ3v) is 10.5. The lowest BCUT2D eigenvalue weighted by atomic mass is 9.61. The zero-order valence-corrected chi connectivity index (χ0v) is 27.8. The highest BCUT2D eigenvalue weighted by Gasteiger charge is 2.41. The van der Waals surface area contributed by atoms with Crippen molar-refractivity contribution in [1.82, 2.24) is 9.55 Å². The first-order valence-corrected chi connectivity index (χ1v) is 16.8. The van der Waals surface area contributed by atoms with Crippen LogP contribution in [0.3, 0.4) is 0 Å². The van der Waals surface area contributed by atoms with Gasteiger partial charge in [-0.05, 0) is 78.1 Å². The van der Waals surface area contributed by atoms with Gasteiger partial charge in [0.25, 0.3) is 0 Å². The first kappa shape index (κ1) is 31.4. The summed E-state index contributed by atoms with van der Waals surface area (Å²) in [6, 6.07) is 34.2. The van der Waals surface area contributed by atoms with E-state index in [1.807, 2.05) is 84.9 Å². The second-order valence-corrected chi connectivity index (χ2v) is 13.1. The molecule has 0 saturated heterocycles. The van der Waals surface area contributed by atoms with Gasteiger partial charge in [-0.15, -0.1) is 10.9 Å². The summed E-state index contributed by atoms with van der Waals surface area (Å²) < 4.78 is 2.20. The maximum atomic E-state index is 11.8. The number of rotatable bonds is 4. The summed E-state index contributed by atoms with van der Waals surface area (Å²) in [4.78, 5) is 4.94. The second kappa shape index (κ2) is 11.5. The normalized spacial score (nSPS) is 15.7. The molecular weight excluding hydrogens is 619 g/mol. The number of aliphatic hydroxyl groups excluding tert-OH is 2. The molecule has 0 saturated carbocycles. The first-order valence-electron chi connectivity index (χ1n) is 16.8. The molecule has 9 heteroatoms. The van der Waals surface area contributed by atoms with Crippen LogP contribution in [0.5, 0.6) is 0 Å². The van der Waals surface area contributed by atoms with Crippen LogP contribution in [0.4, 0.5) is 0 Å². The molecule has 1 aromatic heterocycles. The quantitative estimate of drug-likeness (QED) is 0.291. The lowest BCUT2D eigenvalue weighted by Crippen LogP contribution is -2.66. The molecule has 9 rings (SSSR count). The molecule has 230 valence electrons. The van der Waals surface area contributed by atoms with E-state index < -0.39 is 11.7 Å². The Morgan fingerprint density at radius 1 is 0.627 bits per heavy atom. The van der Waals surface area contributed by atoms with Gasteiger partial charge >= 0.3 is 0 Å². The van der Waals surface area contributed by atoms with Gasteiger partial charge < -0.3 is 10.2 Å². The van der Waals surface area contributed by atoms with Crippen molar-refractivity contribution in [3.63, 3.8) is 0 Å². The molecule has 0 fully saturated rings. The molecule has 2 N–H and O–H groups in total. The number of fused-ring (bicyclic) bond motifs is 5. The molecule has 1 heterocycles. The van der Waals surface area contributed by atoms with E-state index in [1.165, 1.54) is 0 Å². The van der Waals surface area contributed by atoms with Crippen LogP contribution in [0.2, 0.25) is 0 Å². The molecule has 51 heavy (non-hydrogen) atoms. The summed E-state index contributed by atoms with van der Waals surface area (Å²) >= 11 is 0. The highest BCUT2D eigenvalue weighted by atomic mass is 16.3. The summed E-state index contributed by atoms with van der Waals surface area (Å²) in [5, 5.41) is 28.1. The van der Waals surface area contributed by atoms with Crippen molar-refractivity contribution < 1.29 is 10.2 Å². The third kappa shape index (κ3) is 4.30. The summed E-state index contributed by atoms with van der Waals surface area (Å²) in [5.74, 6) is -0.623. The molecule has 6 aromatic carbocycles. The van der Waals surface area contributed by atoms with Gasteiger partial charge in [-0.2, -0.15) is 0 Å². The molecule has 1 atom stereocenters. The maximum absolute atomic E-state index is 11.8. The van der Waals surface area contributed by atoms with Gasteiger partial charge in [0.1, 0.15) is 56.6 Å². The number of imidazole rings is 1. The zero-order chi connectivity index (χ0) is 35.3. The van der Waals surface area contributed by atoms with Crippen molar-refractivity contribution in [2.45, 2.75) is 13.3 Å². The minimum Gasteiger partial charge on any atom is -0.507 e. The van der Waals surface area contributed by atoms with Crippen LogP contribution in [0, 0.1) is 5.92 Å². The van der Waals surface area contributed by atoms with Gasteiger partial charge in [0, 0.05) is 11.8 Å². The van der Waals surface area contributed by atoms with E-state index >= 15 is 0 Å². The summed E-state index contributed by atoms with van der Waals surface area (Å²) in [6.07, 6.45) is 0.730. The van der Waals surface area contributed by atoms with E-state index in [4.69, 9.17) is 44.2 Å². The Labute approximate surface area is 301 Å². The zero-order valence-electron chi connectivity index (χ0n) is 27.8. The third-order valence-electron chi connectivity index (χ3n) is 10.5. The van der Waals surface area contributed by atoms with Crippen molar-refractivity contribution in [3.8, 4) is 5.69 Å². The molecule has 10 radical (unpaired) electrons. The van der Waals surface area contributed by atoms with E-state index in [2.05, 4.69) is 29.7 Å². The Balaban J connectivity index is 1.50. The Morgan fingerprint density at radius 2 is 1.27 bits per heavy atom. The monoisotopic (exact) mass is 644 g/mol. The number of benzene rings is 6. The fourth-order valence-corrected chi connectivity index (χ4v) is 8.21. The lowest BCUT2D eigenvalue weighted by Gasteiger charge is -2.32. The minimum absolute atomic E-state index is 0.0475. The first-order chi connectivity index (χ1) is 24.7. The van der Waals surface area contributed by atoms with Gasteiger partial charge in [-0.3, -0.25) is 4.57 Å². The average Bonchev–Trinajstić information content (AvgIpc) is 3.65. The number of aromatic nitrogens is 2. The number of hydrogen-bond donors (Lipinski definition) is 2. The van der Waals surface area contributed by atoms with Gasteiger partial charge in [-0.1, -0.05) is 103 Å². The topological polar surface area (TPSA) is 58.3 Å².